The molecule has 0 aromatic carbocycles. The highest BCUT2D eigenvalue weighted by atomic mass is 127. The summed E-state index contributed by atoms with van der Waals surface area (Å²) in [6.07, 6.45) is 0.739. The third-order valence-electron chi connectivity index (χ3n) is 1.28. The summed E-state index contributed by atoms with van der Waals surface area (Å²) in [6, 6.07) is 0. The molecule has 46 valence electrons. The van der Waals surface area contributed by atoms with Crippen LogP contribution in [0.4, 0.5) is 0 Å². The van der Waals surface area contributed by atoms with Gasteiger partial charge in [-0.05, 0) is 5.92 Å². The lowest BCUT2D eigenvalue weighted by atomic mass is 10.2. The van der Waals surface area contributed by atoms with Crippen LogP contribution in [0.25, 0.3) is 0 Å². The molecule has 0 aliphatic carbocycles. The summed E-state index contributed by atoms with van der Waals surface area (Å²) in [5.41, 5.74) is 0. The van der Waals surface area contributed by atoms with E-state index in [2.05, 4.69) is 27.9 Å². The molecule has 1 rings (SSSR count). The van der Waals surface area contributed by atoms with Crippen LogP contribution in [0.15, 0.2) is 0 Å². The van der Waals surface area contributed by atoms with Crippen LogP contribution >= 0.6 is 22.6 Å². The molecule has 0 spiro atoms. The molecule has 2 nitrogen and oxygen atoms in total. The monoisotopic (exact) mass is 225 g/mol. The molecule has 1 saturated heterocycles. The zero-order valence-corrected chi connectivity index (χ0v) is 6.64. The van der Waals surface area contributed by atoms with Gasteiger partial charge in [0.1, 0.15) is 0 Å². The largest absolute Gasteiger partial charge is 0.356 e. The predicted molar refractivity (Wildman–Crippen MR) is 40.0 cm³/mol. The first kappa shape index (κ1) is 6.32. The number of amides is 1. The molecule has 0 saturated carbocycles. The normalized spacial score (nSPS) is 28.1. The average molecular weight is 225 g/mol. The highest BCUT2D eigenvalue weighted by Crippen LogP contribution is 2.10. The molecule has 3 heteroatoms. The number of alkyl halides is 1. The van der Waals surface area contributed by atoms with Gasteiger partial charge >= 0.3 is 0 Å². The molecule has 8 heavy (non-hydrogen) atoms. The molecule has 0 aromatic heterocycles. The average Bonchev–Trinajstić information content (AvgIpc) is 2.14. The summed E-state index contributed by atoms with van der Waals surface area (Å²) in [5.74, 6) is 0.815. The van der Waals surface area contributed by atoms with Gasteiger partial charge in [-0.3, -0.25) is 4.79 Å². The Bertz CT molecular complexity index is 105. The minimum atomic E-state index is 0.215. The van der Waals surface area contributed by atoms with E-state index >= 15 is 0 Å². The standard InChI is InChI=1S/C5H8INO/c6-2-4-1-5(8)7-3-4/h4H,1-3H2,(H,7,8)/t4-/m0/s1. The van der Waals surface area contributed by atoms with Crippen molar-refractivity contribution in [1.82, 2.24) is 5.32 Å². The molecular formula is C5H8INO. The van der Waals surface area contributed by atoms with Gasteiger partial charge in [0.05, 0.1) is 0 Å². The first-order chi connectivity index (χ1) is 3.83. The van der Waals surface area contributed by atoms with Crippen molar-refractivity contribution < 1.29 is 4.79 Å². The minimum Gasteiger partial charge on any atom is -0.356 e. The summed E-state index contributed by atoms with van der Waals surface area (Å²) in [4.78, 5) is 10.5. The van der Waals surface area contributed by atoms with Crippen molar-refractivity contribution in [2.45, 2.75) is 6.42 Å². The molecule has 1 amide bonds. The first-order valence-corrected chi connectivity index (χ1v) is 4.18. The first-order valence-electron chi connectivity index (χ1n) is 2.65. The Labute approximate surface area is 62.2 Å². The number of hydrogen-bond acceptors (Lipinski definition) is 1. The molecule has 1 heterocycles. The molecule has 1 aliphatic heterocycles. The maximum atomic E-state index is 10.5. The summed E-state index contributed by atoms with van der Waals surface area (Å²) < 4.78 is 1.09. The van der Waals surface area contributed by atoms with Gasteiger partial charge in [-0.25, -0.2) is 0 Å². The second-order valence-electron chi connectivity index (χ2n) is 2.03. The Hall–Kier alpha value is 0.200. The van der Waals surface area contributed by atoms with Gasteiger partial charge in [0.25, 0.3) is 0 Å². The van der Waals surface area contributed by atoms with Crippen molar-refractivity contribution >= 4 is 28.5 Å². The summed E-state index contributed by atoms with van der Waals surface area (Å²) in [7, 11) is 0. The Morgan fingerprint density at radius 1 is 1.88 bits per heavy atom. The minimum absolute atomic E-state index is 0.215. The number of nitrogens with one attached hydrogen (secondary N) is 1. The van der Waals surface area contributed by atoms with E-state index in [-0.39, 0.29) is 5.91 Å². The highest BCUT2D eigenvalue weighted by Gasteiger charge is 2.19. The fourth-order valence-electron chi connectivity index (χ4n) is 0.774. The lowest BCUT2D eigenvalue weighted by molar-refractivity contribution is -0.119. The van der Waals surface area contributed by atoms with Crippen LogP contribution in [0.3, 0.4) is 0 Å². The van der Waals surface area contributed by atoms with Crippen LogP contribution in [-0.2, 0) is 4.79 Å². The number of carbonyl (C=O) groups is 1. The second-order valence-corrected chi connectivity index (χ2v) is 2.91. The van der Waals surface area contributed by atoms with E-state index in [0.29, 0.717) is 5.92 Å². The number of hydrogen-bond donors (Lipinski definition) is 1. The lowest BCUT2D eigenvalue weighted by Gasteiger charge is -1.95. The molecule has 1 fully saturated rings. The highest BCUT2D eigenvalue weighted by molar-refractivity contribution is 14.1. The molecular weight excluding hydrogens is 217 g/mol. The van der Waals surface area contributed by atoms with Gasteiger partial charge in [-0.1, -0.05) is 22.6 Å². The number of halogens is 1. The smallest absolute Gasteiger partial charge is 0.220 e. The summed E-state index contributed by atoms with van der Waals surface area (Å²) in [6.45, 7) is 0.891. The van der Waals surface area contributed by atoms with Crippen LogP contribution < -0.4 is 5.32 Å². The van der Waals surface area contributed by atoms with Crippen molar-refractivity contribution in [3.8, 4) is 0 Å². The van der Waals surface area contributed by atoms with Gasteiger partial charge in [0, 0.05) is 17.4 Å². The Morgan fingerprint density at radius 3 is 2.88 bits per heavy atom. The molecule has 1 aliphatic rings. The van der Waals surface area contributed by atoms with Gasteiger partial charge in [-0.2, -0.15) is 0 Å². The van der Waals surface area contributed by atoms with Crippen LogP contribution in [0.1, 0.15) is 6.42 Å². The van der Waals surface area contributed by atoms with E-state index in [1.807, 2.05) is 0 Å². The van der Waals surface area contributed by atoms with Crippen molar-refractivity contribution in [2.24, 2.45) is 5.92 Å². The van der Waals surface area contributed by atoms with E-state index in [4.69, 9.17) is 0 Å². The van der Waals surface area contributed by atoms with Gasteiger partial charge < -0.3 is 5.32 Å². The van der Waals surface area contributed by atoms with Crippen LogP contribution in [0.5, 0.6) is 0 Å². The van der Waals surface area contributed by atoms with E-state index in [9.17, 15) is 4.79 Å². The second kappa shape index (κ2) is 2.66. The predicted octanol–water partition coefficient (Wildman–Crippen LogP) is 0.558. The number of carbonyl (C=O) groups excluding carboxylic acids is 1. The van der Waals surface area contributed by atoms with Crippen LogP contribution in [0, 0.1) is 5.92 Å². The Morgan fingerprint density at radius 2 is 2.62 bits per heavy atom. The maximum Gasteiger partial charge on any atom is 0.220 e. The van der Waals surface area contributed by atoms with Crippen LogP contribution in [-0.4, -0.2) is 16.9 Å². The zero-order valence-electron chi connectivity index (χ0n) is 4.48. The summed E-state index contributed by atoms with van der Waals surface area (Å²) in [5, 5.41) is 2.78. The summed E-state index contributed by atoms with van der Waals surface area (Å²) >= 11 is 2.31. The van der Waals surface area contributed by atoms with Crippen molar-refractivity contribution in [3.05, 3.63) is 0 Å². The van der Waals surface area contributed by atoms with Gasteiger partial charge in [0.15, 0.2) is 0 Å². The van der Waals surface area contributed by atoms with Crippen molar-refractivity contribution in [1.29, 1.82) is 0 Å². The van der Waals surface area contributed by atoms with Crippen molar-refractivity contribution in [3.63, 3.8) is 0 Å². The van der Waals surface area contributed by atoms with Gasteiger partial charge in [-0.15, -0.1) is 0 Å². The molecule has 0 radical (unpaired) electrons. The Balaban J connectivity index is 2.32. The van der Waals surface area contributed by atoms with Crippen molar-refractivity contribution in [2.75, 3.05) is 11.0 Å². The molecule has 1 atom stereocenters. The molecule has 1 N–H and O–H groups in total. The fraction of sp³-hybridized carbons (Fsp3) is 0.800. The maximum absolute atomic E-state index is 10.5. The topological polar surface area (TPSA) is 29.1 Å². The Kier molecular flexibility index (Phi) is 2.10. The zero-order chi connectivity index (χ0) is 5.98. The third kappa shape index (κ3) is 1.34. The fourth-order valence-corrected chi connectivity index (χ4v) is 1.40. The van der Waals surface area contributed by atoms with E-state index in [1.54, 1.807) is 0 Å². The SMILES string of the molecule is O=C1C[C@@H](CI)CN1. The number of rotatable bonds is 1. The van der Waals surface area contributed by atoms with E-state index in [1.165, 1.54) is 0 Å². The van der Waals surface area contributed by atoms with Gasteiger partial charge in [0.2, 0.25) is 5.91 Å². The molecule has 0 aromatic rings. The van der Waals surface area contributed by atoms with Crippen LogP contribution in [0.2, 0.25) is 0 Å². The molecule has 0 unspecified atom stereocenters. The third-order valence-corrected chi connectivity index (χ3v) is 2.53. The van der Waals surface area contributed by atoms with E-state index < -0.39 is 0 Å². The molecule has 0 bridgehead atoms. The quantitative estimate of drug-likeness (QED) is 0.512. The lowest BCUT2D eigenvalue weighted by Crippen LogP contribution is -2.13. The van der Waals surface area contributed by atoms with E-state index in [0.717, 1.165) is 17.4 Å².